The number of hydrogen-bond donors (Lipinski definition) is 0. The number of nitrogens with zero attached hydrogens (tertiary/aromatic N) is 1. The zero-order valence-electron chi connectivity index (χ0n) is 10.6. The summed E-state index contributed by atoms with van der Waals surface area (Å²) in [6.07, 6.45) is 0. The number of Topliss-reactive ketones (excluding diaryl/α,β-unsaturated/α-hetero) is 2. The SMILES string of the molecule is CC(=O)c1cc(C(C)=O)nc(-c2ccccc2Cl)c1. The molecule has 0 radical (unpaired) electrons. The summed E-state index contributed by atoms with van der Waals surface area (Å²) in [4.78, 5) is 27.3. The predicted molar refractivity (Wildman–Crippen MR) is 74.7 cm³/mol. The van der Waals surface area contributed by atoms with E-state index in [1.165, 1.54) is 19.9 Å². The lowest BCUT2D eigenvalue weighted by Gasteiger charge is -2.07. The smallest absolute Gasteiger partial charge is 0.178 e. The lowest BCUT2D eigenvalue weighted by atomic mass is 10.0. The van der Waals surface area contributed by atoms with Crippen LogP contribution < -0.4 is 0 Å². The molecule has 4 heteroatoms. The van der Waals surface area contributed by atoms with Gasteiger partial charge in [-0.05, 0) is 25.1 Å². The Morgan fingerprint density at radius 3 is 2.32 bits per heavy atom. The fourth-order valence-electron chi connectivity index (χ4n) is 1.72. The highest BCUT2D eigenvalue weighted by atomic mass is 35.5. The van der Waals surface area contributed by atoms with Gasteiger partial charge in [-0.3, -0.25) is 9.59 Å². The summed E-state index contributed by atoms with van der Waals surface area (Å²) in [6.45, 7) is 2.87. The van der Waals surface area contributed by atoms with Gasteiger partial charge < -0.3 is 0 Å². The molecule has 0 bridgehead atoms. The molecular formula is C15H12ClNO2. The van der Waals surface area contributed by atoms with E-state index in [0.29, 0.717) is 21.8 Å². The van der Waals surface area contributed by atoms with E-state index in [1.807, 2.05) is 12.1 Å². The Morgan fingerprint density at radius 1 is 1.05 bits per heavy atom. The molecule has 1 heterocycles. The van der Waals surface area contributed by atoms with E-state index in [1.54, 1.807) is 18.2 Å². The molecule has 3 nitrogen and oxygen atoms in total. The second kappa shape index (κ2) is 5.33. The maximum Gasteiger partial charge on any atom is 0.178 e. The number of halogens is 1. The predicted octanol–water partition coefficient (Wildman–Crippen LogP) is 3.81. The van der Waals surface area contributed by atoms with Gasteiger partial charge in [-0.2, -0.15) is 0 Å². The van der Waals surface area contributed by atoms with Gasteiger partial charge in [-0.25, -0.2) is 4.98 Å². The third kappa shape index (κ3) is 2.88. The lowest BCUT2D eigenvalue weighted by molar-refractivity contribution is 0.101. The van der Waals surface area contributed by atoms with Crippen LogP contribution in [-0.4, -0.2) is 16.6 Å². The van der Waals surface area contributed by atoms with Gasteiger partial charge >= 0.3 is 0 Å². The number of hydrogen-bond acceptors (Lipinski definition) is 3. The fourth-order valence-corrected chi connectivity index (χ4v) is 1.95. The van der Waals surface area contributed by atoms with Gasteiger partial charge in [-0.1, -0.05) is 29.8 Å². The minimum atomic E-state index is -0.184. The van der Waals surface area contributed by atoms with Crippen molar-refractivity contribution in [2.75, 3.05) is 0 Å². The molecule has 19 heavy (non-hydrogen) atoms. The van der Waals surface area contributed by atoms with Crippen LogP contribution in [0, 0.1) is 0 Å². The van der Waals surface area contributed by atoms with Crippen LogP contribution >= 0.6 is 11.6 Å². The molecule has 1 aromatic carbocycles. The van der Waals surface area contributed by atoms with Crippen molar-refractivity contribution in [3.63, 3.8) is 0 Å². The van der Waals surface area contributed by atoms with E-state index in [9.17, 15) is 9.59 Å². The summed E-state index contributed by atoms with van der Waals surface area (Å²) in [6, 6.07) is 10.3. The topological polar surface area (TPSA) is 47.0 Å². The first-order valence-electron chi connectivity index (χ1n) is 5.78. The molecule has 0 aliphatic rings. The molecular weight excluding hydrogens is 262 g/mol. The quantitative estimate of drug-likeness (QED) is 0.799. The van der Waals surface area contributed by atoms with E-state index in [4.69, 9.17) is 11.6 Å². The molecule has 0 spiro atoms. The first kappa shape index (κ1) is 13.4. The summed E-state index contributed by atoms with van der Waals surface area (Å²) in [5.41, 5.74) is 1.95. The first-order valence-corrected chi connectivity index (χ1v) is 6.15. The summed E-state index contributed by atoms with van der Waals surface area (Å²) >= 11 is 6.11. The Bertz CT molecular complexity index is 633. The summed E-state index contributed by atoms with van der Waals surface area (Å²) < 4.78 is 0. The molecule has 0 aliphatic heterocycles. The van der Waals surface area contributed by atoms with Gasteiger partial charge in [-0.15, -0.1) is 0 Å². The van der Waals surface area contributed by atoms with Crippen LogP contribution in [0.3, 0.4) is 0 Å². The molecule has 1 aromatic heterocycles. The molecule has 0 unspecified atom stereocenters. The summed E-state index contributed by atoms with van der Waals surface area (Å²) in [5.74, 6) is -0.297. The zero-order valence-corrected chi connectivity index (χ0v) is 11.4. The molecule has 0 saturated carbocycles. The number of rotatable bonds is 3. The lowest BCUT2D eigenvalue weighted by Crippen LogP contribution is -2.03. The zero-order chi connectivity index (χ0) is 14.0. The van der Waals surface area contributed by atoms with E-state index in [2.05, 4.69) is 4.98 Å². The van der Waals surface area contributed by atoms with Gasteiger partial charge in [0.15, 0.2) is 11.6 Å². The molecule has 0 amide bonds. The molecule has 0 saturated heterocycles. The maximum absolute atomic E-state index is 11.5. The molecule has 0 fully saturated rings. The molecule has 96 valence electrons. The van der Waals surface area contributed by atoms with Crippen molar-refractivity contribution in [1.29, 1.82) is 0 Å². The van der Waals surface area contributed by atoms with Gasteiger partial charge in [0.25, 0.3) is 0 Å². The highest BCUT2D eigenvalue weighted by molar-refractivity contribution is 6.33. The Kier molecular flexibility index (Phi) is 3.76. The second-order valence-electron chi connectivity index (χ2n) is 4.22. The summed E-state index contributed by atoms with van der Waals surface area (Å²) in [5, 5.41) is 0.533. The minimum Gasteiger partial charge on any atom is -0.295 e. The van der Waals surface area contributed by atoms with Crippen LogP contribution in [0.1, 0.15) is 34.7 Å². The Morgan fingerprint density at radius 2 is 1.74 bits per heavy atom. The molecule has 0 N–H and O–H groups in total. The number of carbonyl (C=O) groups excluding carboxylic acids is 2. The van der Waals surface area contributed by atoms with Crippen LogP contribution in [0.25, 0.3) is 11.3 Å². The minimum absolute atomic E-state index is 0.113. The highest BCUT2D eigenvalue weighted by Crippen LogP contribution is 2.27. The van der Waals surface area contributed by atoms with Crippen LogP contribution in [0.5, 0.6) is 0 Å². The van der Waals surface area contributed by atoms with Gasteiger partial charge in [0.1, 0.15) is 5.69 Å². The van der Waals surface area contributed by atoms with E-state index >= 15 is 0 Å². The van der Waals surface area contributed by atoms with Gasteiger partial charge in [0, 0.05) is 23.1 Å². The number of benzene rings is 1. The van der Waals surface area contributed by atoms with Crippen molar-refractivity contribution in [2.45, 2.75) is 13.8 Å². The standard InChI is InChI=1S/C15H12ClNO2/c1-9(18)11-7-14(10(2)19)17-15(8-11)12-5-3-4-6-13(12)16/h3-8H,1-2H3. The van der Waals surface area contributed by atoms with Crippen molar-refractivity contribution in [3.05, 3.63) is 52.7 Å². The van der Waals surface area contributed by atoms with Gasteiger partial charge in [0.05, 0.1) is 5.69 Å². The monoisotopic (exact) mass is 273 g/mol. The van der Waals surface area contributed by atoms with Crippen LogP contribution in [0.4, 0.5) is 0 Å². The molecule has 2 rings (SSSR count). The second-order valence-corrected chi connectivity index (χ2v) is 4.63. The Labute approximate surface area is 116 Å². The van der Waals surface area contributed by atoms with Crippen molar-refractivity contribution in [3.8, 4) is 11.3 Å². The van der Waals surface area contributed by atoms with E-state index in [-0.39, 0.29) is 17.3 Å². The fraction of sp³-hybridized carbons (Fsp3) is 0.133. The van der Waals surface area contributed by atoms with Crippen LogP contribution in [-0.2, 0) is 0 Å². The van der Waals surface area contributed by atoms with E-state index in [0.717, 1.165) is 0 Å². The van der Waals surface area contributed by atoms with Crippen LogP contribution in [0.15, 0.2) is 36.4 Å². The number of aromatic nitrogens is 1. The molecule has 2 aromatic rings. The third-order valence-electron chi connectivity index (χ3n) is 2.74. The third-order valence-corrected chi connectivity index (χ3v) is 3.07. The molecule has 0 aliphatic carbocycles. The van der Waals surface area contributed by atoms with Crippen molar-refractivity contribution >= 4 is 23.2 Å². The summed E-state index contributed by atoms with van der Waals surface area (Å²) in [7, 11) is 0. The maximum atomic E-state index is 11.5. The number of ketones is 2. The molecule has 0 atom stereocenters. The number of pyridine rings is 1. The average Bonchev–Trinajstić information content (AvgIpc) is 2.38. The number of carbonyl (C=O) groups is 2. The normalized spacial score (nSPS) is 10.3. The van der Waals surface area contributed by atoms with E-state index < -0.39 is 0 Å². The van der Waals surface area contributed by atoms with Gasteiger partial charge in [0.2, 0.25) is 0 Å². The van der Waals surface area contributed by atoms with Crippen molar-refractivity contribution < 1.29 is 9.59 Å². The average molecular weight is 274 g/mol. The highest BCUT2D eigenvalue weighted by Gasteiger charge is 2.12. The Hall–Kier alpha value is -2.00. The van der Waals surface area contributed by atoms with Crippen molar-refractivity contribution in [1.82, 2.24) is 4.98 Å². The van der Waals surface area contributed by atoms with Crippen LogP contribution in [0.2, 0.25) is 5.02 Å². The largest absolute Gasteiger partial charge is 0.295 e. The first-order chi connectivity index (χ1) is 8.99. The Balaban J connectivity index is 2.67. The van der Waals surface area contributed by atoms with Crippen molar-refractivity contribution in [2.24, 2.45) is 0 Å².